The third kappa shape index (κ3) is 3.51. The Bertz CT molecular complexity index is 350. The van der Waals surface area contributed by atoms with Gasteiger partial charge in [0.25, 0.3) is 0 Å². The standard InChI is InChI=1S/C13H21NO2/c1-9-5-11(3)13(6-10(9)2)16-8-12(15)7-14-4/h5-6,12,14-15H,7-8H2,1-4H3. The lowest BCUT2D eigenvalue weighted by Crippen LogP contribution is -2.29. The van der Waals surface area contributed by atoms with Crippen molar-refractivity contribution in [3.8, 4) is 5.75 Å². The number of likely N-dealkylation sites (N-methyl/N-ethyl adjacent to an activating group) is 1. The molecule has 0 aliphatic carbocycles. The molecule has 0 aliphatic rings. The van der Waals surface area contributed by atoms with Gasteiger partial charge in [0, 0.05) is 6.54 Å². The van der Waals surface area contributed by atoms with E-state index in [2.05, 4.69) is 25.2 Å². The zero-order valence-electron chi connectivity index (χ0n) is 10.5. The Kier molecular flexibility index (Phi) is 4.77. The van der Waals surface area contributed by atoms with Crippen LogP contribution in [0.15, 0.2) is 12.1 Å². The molecule has 3 nitrogen and oxygen atoms in total. The Balaban J connectivity index is 2.63. The Morgan fingerprint density at radius 1 is 1.19 bits per heavy atom. The van der Waals surface area contributed by atoms with Crippen LogP contribution in [0, 0.1) is 20.8 Å². The molecule has 0 amide bonds. The minimum atomic E-state index is -0.467. The highest BCUT2D eigenvalue weighted by Crippen LogP contribution is 2.22. The summed E-state index contributed by atoms with van der Waals surface area (Å²) in [6, 6.07) is 4.13. The third-order valence-corrected chi connectivity index (χ3v) is 2.66. The molecule has 2 N–H and O–H groups in total. The van der Waals surface area contributed by atoms with E-state index in [1.165, 1.54) is 11.1 Å². The Labute approximate surface area is 97.4 Å². The van der Waals surface area contributed by atoms with E-state index < -0.39 is 6.10 Å². The fraction of sp³-hybridized carbons (Fsp3) is 0.538. The SMILES string of the molecule is CNCC(O)COc1cc(C)c(C)cc1C. The van der Waals surface area contributed by atoms with Crippen molar-refractivity contribution in [3.63, 3.8) is 0 Å². The van der Waals surface area contributed by atoms with Crippen molar-refractivity contribution in [2.75, 3.05) is 20.2 Å². The fourth-order valence-electron chi connectivity index (χ4n) is 1.57. The maximum absolute atomic E-state index is 9.54. The van der Waals surface area contributed by atoms with E-state index >= 15 is 0 Å². The molecule has 0 radical (unpaired) electrons. The van der Waals surface area contributed by atoms with Crippen LogP contribution in [-0.4, -0.2) is 31.4 Å². The molecule has 16 heavy (non-hydrogen) atoms. The van der Waals surface area contributed by atoms with Crippen molar-refractivity contribution < 1.29 is 9.84 Å². The zero-order valence-corrected chi connectivity index (χ0v) is 10.5. The van der Waals surface area contributed by atoms with Gasteiger partial charge in [0.2, 0.25) is 0 Å². The quantitative estimate of drug-likeness (QED) is 0.796. The normalized spacial score (nSPS) is 12.6. The van der Waals surface area contributed by atoms with Gasteiger partial charge in [-0.2, -0.15) is 0 Å². The van der Waals surface area contributed by atoms with Crippen molar-refractivity contribution in [2.45, 2.75) is 26.9 Å². The van der Waals surface area contributed by atoms with Gasteiger partial charge in [-0.1, -0.05) is 6.07 Å². The van der Waals surface area contributed by atoms with Gasteiger partial charge in [-0.05, 0) is 50.6 Å². The second-order valence-electron chi connectivity index (χ2n) is 4.22. The zero-order chi connectivity index (χ0) is 12.1. The Hall–Kier alpha value is -1.06. The van der Waals surface area contributed by atoms with E-state index in [0.717, 1.165) is 11.3 Å². The van der Waals surface area contributed by atoms with Crippen LogP contribution in [0.4, 0.5) is 0 Å². The summed E-state index contributed by atoms with van der Waals surface area (Å²) in [6.45, 7) is 7.04. The highest BCUT2D eigenvalue weighted by atomic mass is 16.5. The lowest BCUT2D eigenvalue weighted by atomic mass is 10.1. The number of nitrogens with one attached hydrogen (secondary N) is 1. The van der Waals surface area contributed by atoms with Gasteiger partial charge in [0.15, 0.2) is 0 Å². The summed E-state index contributed by atoms with van der Waals surface area (Å²) < 4.78 is 5.60. The molecule has 1 aromatic carbocycles. The van der Waals surface area contributed by atoms with Crippen LogP contribution < -0.4 is 10.1 Å². The lowest BCUT2D eigenvalue weighted by molar-refractivity contribution is 0.108. The smallest absolute Gasteiger partial charge is 0.122 e. The van der Waals surface area contributed by atoms with E-state index in [-0.39, 0.29) is 0 Å². The Morgan fingerprint density at radius 3 is 2.44 bits per heavy atom. The van der Waals surface area contributed by atoms with Crippen LogP contribution in [0.5, 0.6) is 5.75 Å². The molecule has 0 aliphatic heterocycles. The van der Waals surface area contributed by atoms with Gasteiger partial charge in [-0.15, -0.1) is 0 Å². The molecular weight excluding hydrogens is 202 g/mol. The van der Waals surface area contributed by atoms with E-state index in [4.69, 9.17) is 4.74 Å². The molecule has 0 saturated heterocycles. The predicted molar refractivity (Wildman–Crippen MR) is 66.1 cm³/mol. The number of hydrogen-bond acceptors (Lipinski definition) is 3. The van der Waals surface area contributed by atoms with Crippen LogP contribution >= 0.6 is 0 Å². The second kappa shape index (κ2) is 5.87. The molecule has 0 heterocycles. The first kappa shape index (κ1) is 13.0. The predicted octanol–water partition coefficient (Wildman–Crippen LogP) is 1.57. The first-order valence-electron chi connectivity index (χ1n) is 5.58. The monoisotopic (exact) mass is 223 g/mol. The van der Waals surface area contributed by atoms with E-state index in [1.807, 2.05) is 20.0 Å². The first-order valence-corrected chi connectivity index (χ1v) is 5.58. The van der Waals surface area contributed by atoms with Crippen molar-refractivity contribution in [1.29, 1.82) is 0 Å². The number of hydrogen-bond donors (Lipinski definition) is 2. The largest absolute Gasteiger partial charge is 0.491 e. The maximum Gasteiger partial charge on any atom is 0.122 e. The molecular formula is C13H21NO2. The molecule has 0 fully saturated rings. The summed E-state index contributed by atoms with van der Waals surface area (Å²) in [5.74, 6) is 0.859. The van der Waals surface area contributed by atoms with Gasteiger partial charge in [-0.25, -0.2) is 0 Å². The summed E-state index contributed by atoms with van der Waals surface area (Å²) in [5.41, 5.74) is 3.59. The summed E-state index contributed by atoms with van der Waals surface area (Å²) in [6.07, 6.45) is -0.467. The average Bonchev–Trinajstić information content (AvgIpc) is 2.22. The first-order chi connectivity index (χ1) is 7.54. The fourth-order valence-corrected chi connectivity index (χ4v) is 1.57. The Morgan fingerprint density at radius 2 is 1.81 bits per heavy atom. The van der Waals surface area contributed by atoms with Crippen LogP contribution in [0.2, 0.25) is 0 Å². The summed E-state index contributed by atoms with van der Waals surface area (Å²) in [4.78, 5) is 0. The number of rotatable bonds is 5. The van der Waals surface area contributed by atoms with E-state index in [1.54, 1.807) is 0 Å². The minimum absolute atomic E-state index is 0.324. The van der Waals surface area contributed by atoms with Crippen LogP contribution in [0.1, 0.15) is 16.7 Å². The second-order valence-corrected chi connectivity index (χ2v) is 4.22. The van der Waals surface area contributed by atoms with Crippen molar-refractivity contribution in [1.82, 2.24) is 5.32 Å². The van der Waals surface area contributed by atoms with Crippen molar-refractivity contribution in [3.05, 3.63) is 28.8 Å². The number of benzene rings is 1. The van der Waals surface area contributed by atoms with E-state index in [0.29, 0.717) is 13.2 Å². The molecule has 90 valence electrons. The molecule has 1 unspecified atom stereocenters. The summed E-state index contributed by atoms with van der Waals surface area (Å²) in [5, 5.41) is 12.4. The molecule has 1 rings (SSSR count). The third-order valence-electron chi connectivity index (χ3n) is 2.66. The number of aliphatic hydroxyl groups excluding tert-OH is 1. The van der Waals surface area contributed by atoms with Gasteiger partial charge in [0.1, 0.15) is 18.5 Å². The van der Waals surface area contributed by atoms with Crippen LogP contribution in [-0.2, 0) is 0 Å². The maximum atomic E-state index is 9.54. The lowest BCUT2D eigenvalue weighted by Gasteiger charge is -2.14. The number of aryl methyl sites for hydroxylation is 3. The van der Waals surface area contributed by atoms with Crippen LogP contribution in [0.25, 0.3) is 0 Å². The topological polar surface area (TPSA) is 41.5 Å². The molecule has 0 spiro atoms. The summed E-state index contributed by atoms with van der Waals surface area (Å²) in [7, 11) is 1.81. The highest BCUT2D eigenvalue weighted by molar-refractivity contribution is 5.40. The minimum Gasteiger partial charge on any atom is -0.491 e. The van der Waals surface area contributed by atoms with Crippen LogP contribution in [0.3, 0.4) is 0 Å². The van der Waals surface area contributed by atoms with Gasteiger partial charge >= 0.3 is 0 Å². The highest BCUT2D eigenvalue weighted by Gasteiger charge is 2.06. The number of ether oxygens (including phenoxy) is 1. The molecule has 0 aromatic heterocycles. The molecule has 0 saturated carbocycles. The molecule has 3 heteroatoms. The van der Waals surface area contributed by atoms with Gasteiger partial charge in [-0.3, -0.25) is 0 Å². The molecule has 0 bridgehead atoms. The van der Waals surface area contributed by atoms with Crippen molar-refractivity contribution in [2.24, 2.45) is 0 Å². The average molecular weight is 223 g/mol. The molecule has 1 atom stereocenters. The van der Waals surface area contributed by atoms with Gasteiger partial charge < -0.3 is 15.2 Å². The van der Waals surface area contributed by atoms with Crippen molar-refractivity contribution >= 4 is 0 Å². The summed E-state index contributed by atoms with van der Waals surface area (Å²) >= 11 is 0. The number of aliphatic hydroxyl groups is 1. The molecule has 1 aromatic rings. The van der Waals surface area contributed by atoms with Gasteiger partial charge in [0.05, 0.1) is 0 Å². The van der Waals surface area contributed by atoms with E-state index in [9.17, 15) is 5.11 Å².